The van der Waals surface area contributed by atoms with Gasteiger partial charge in [-0.05, 0) is 6.42 Å². The van der Waals surface area contributed by atoms with Crippen LogP contribution in [0.25, 0.3) is 0 Å². The summed E-state index contributed by atoms with van der Waals surface area (Å²) in [7, 11) is 0. The Morgan fingerprint density at radius 1 is 1.06 bits per heavy atom. The molecule has 0 heterocycles. The number of amides is 3. The fourth-order valence-corrected chi connectivity index (χ4v) is 1.10. The summed E-state index contributed by atoms with van der Waals surface area (Å²) in [4.78, 5) is 43.4. The molecule has 9 heteroatoms. The van der Waals surface area contributed by atoms with Gasteiger partial charge in [0, 0.05) is 13.0 Å². The highest BCUT2D eigenvalue weighted by molar-refractivity contribution is 5.84. The molecule has 9 nitrogen and oxygen atoms in total. The molecule has 0 aliphatic heterocycles. The maximum atomic E-state index is 11.4. The van der Waals surface area contributed by atoms with Gasteiger partial charge in [-0.3, -0.25) is 14.4 Å². The SMILES string of the molecule is NC(=O)CCCNC(=O)N(CC(=O)O)CC(=O)O. The smallest absolute Gasteiger partial charge is 0.323 e. The number of carboxylic acid groups (broad SMARTS) is 2. The molecule has 3 amide bonds. The number of urea groups is 1. The first-order valence-corrected chi connectivity index (χ1v) is 5.07. The van der Waals surface area contributed by atoms with Crippen molar-refractivity contribution in [2.75, 3.05) is 19.6 Å². The highest BCUT2D eigenvalue weighted by Gasteiger charge is 2.18. The van der Waals surface area contributed by atoms with Crippen molar-refractivity contribution in [3.05, 3.63) is 0 Å². The summed E-state index contributed by atoms with van der Waals surface area (Å²) in [5.41, 5.74) is 4.88. The molecule has 0 fully saturated rings. The maximum absolute atomic E-state index is 11.4. The molecule has 102 valence electrons. The summed E-state index contributed by atoms with van der Waals surface area (Å²) in [5, 5.41) is 19.3. The average Bonchev–Trinajstić information content (AvgIpc) is 2.21. The highest BCUT2D eigenvalue weighted by Crippen LogP contribution is 1.92. The van der Waals surface area contributed by atoms with Crippen LogP contribution in [0.3, 0.4) is 0 Å². The molecule has 0 saturated carbocycles. The lowest BCUT2D eigenvalue weighted by atomic mass is 10.3. The number of carbonyl (C=O) groups is 4. The maximum Gasteiger partial charge on any atom is 0.323 e. The second kappa shape index (κ2) is 7.87. The monoisotopic (exact) mass is 261 g/mol. The zero-order valence-corrected chi connectivity index (χ0v) is 9.59. The van der Waals surface area contributed by atoms with Gasteiger partial charge in [-0.1, -0.05) is 0 Å². The van der Waals surface area contributed by atoms with Gasteiger partial charge in [0.2, 0.25) is 5.91 Å². The quantitative estimate of drug-likeness (QED) is 0.388. The Hall–Kier alpha value is -2.32. The second-order valence-electron chi connectivity index (χ2n) is 3.45. The molecule has 0 bridgehead atoms. The average molecular weight is 261 g/mol. The Bertz CT molecular complexity index is 327. The number of nitrogens with one attached hydrogen (secondary N) is 1. The van der Waals surface area contributed by atoms with E-state index in [0.717, 1.165) is 0 Å². The van der Waals surface area contributed by atoms with Crippen molar-refractivity contribution in [2.45, 2.75) is 12.8 Å². The first-order valence-electron chi connectivity index (χ1n) is 5.07. The van der Waals surface area contributed by atoms with E-state index in [2.05, 4.69) is 5.32 Å². The van der Waals surface area contributed by atoms with Crippen LogP contribution in [0.4, 0.5) is 4.79 Å². The third-order valence-electron chi connectivity index (χ3n) is 1.82. The van der Waals surface area contributed by atoms with Crippen molar-refractivity contribution < 1.29 is 29.4 Å². The van der Waals surface area contributed by atoms with E-state index in [0.29, 0.717) is 11.3 Å². The van der Waals surface area contributed by atoms with Crippen molar-refractivity contribution in [1.29, 1.82) is 0 Å². The molecule has 0 aliphatic rings. The number of aliphatic carboxylic acids is 2. The van der Waals surface area contributed by atoms with Gasteiger partial charge >= 0.3 is 18.0 Å². The zero-order chi connectivity index (χ0) is 14.1. The third-order valence-corrected chi connectivity index (χ3v) is 1.82. The number of carboxylic acids is 2. The number of nitrogens with two attached hydrogens (primary N) is 1. The lowest BCUT2D eigenvalue weighted by Crippen LogP contribution is -2.45. The zero-order valence-electron chi connectivity index (χ0n) is 9.59. The molecule has 0 radical (unpaired) electrons. The number of carbonyl (C=O) groups excluding carboxylic acids is 2. The Labute approximate surface area is 103 Å². The third kappa shape index (κ3) is 7.91. The van der Waals surface area contributed by atoms with Gasteiger partial charge < -0.3 is 26.2 Å². The lowest BCUT2D eigenvalue weighted by molar-refractivity contribution is -0.140. The van der Waals surface area contributed by atoms with E-state index < -0.39 is 37.0 Å². The van der Waals surface area contributed by atoms with Crippen LogP contribution in [-0.2, 0) is 14.4 Å². The predicted molar refractivity (Wildman–Crippen MR) is 58.7 cm³/mol. The van der Waals surface area contributed by atoms with E-state index >= 15 is 0 Å². The van der Waals surface area contributed by atoms with Crippen LogP contribution in [0.15, 0.2) is 0 Å². The summed E-state index contributed by atoms with van der Waals surface area (Å²) >= 11 is 0. The molecule has 0 atom stereocenters. The summed E-state index contributed by atoms with van der Waals surface area (Å²) in [6.07, 6.45) is 0.382. The van der Waals surface area contributed by atoms with E-state index in [9.17, 15) is 19.2 Å². The summed E-state index contributed by atoms with van der Waals surface area (Å²) in [6, 6.07) is -0.815. The number of hydrogen-bond donors (Lipinski definition) is 4. The van der Waals surface area contributed by atoms with Crippen LogP contribution in [0.2, 0.25) is 0 Å². The topological polar surface area (TPSA) is 150 Å². The van der Waals surface area contributed by atoms with Crippen LogP contribution in [0.5, 0.6) is 0 Å². The normalized spacial score (nSPS) is 9.56. The van der Waals surface area contributed by atoms with Crippen molar-refractivity contribution in [2.24, 2.45) is 5.73 Å². The largest absolute Gasteiger partial charge is 0.480 e. The van der Waals surface area contributed by atoms with Crippen molar-refractivity contribution in [3.8, 4) is 0 Å². The van der Waals surface area contributed by atoms with Crippen LogP contribution in [0.1, 0.15) is 12.8 Å². The minimum Gasteiger partial charge on any atom is -0.480 e. The number of hydrogen-bond acceptors (Lipinski definition) is 4. The Morgan fingerprint density at radius 3 is 1.94 bits per heavy atom. The molecule has 0 saturated heterocycles. The molecule has 5 N–H and O–H groups in total. The highest BCUT2D eigenvalue weighted by atomic mass is 16.4. The molecular weight excluding hydrogens is 246 g/mol. The summed E-state index contributed by atoms with van der Waals surface area (Å²) in [6.45, 7) is -1.32. The molecule has 0 spiro atoms. The molecule has 0 aromatic carbocycles. The van der Waals surface area contributed by atoms with Gasteiger partial charge in [0.05, 0.1) is 0 Å². The van der Waals surface area contributed by atoms with Gasteiger partial charge in [0.1, 0.15) is 13.1 Å². The molecule has 18 heavy (non-hydrogen) atoms. The summed E-state index contributed by atoms with van der Waals surface area (Å²) in [5.74, 6) is -3.15. The van der Waals surface area contributed by atoms with Crippen molar-refractivity contribution >= 4 is 23.9 Å². The molecule has 0 rings (SSSR count). The van der Waals surface area contributed by atoms with Gasteiger partial charge in [0.25, 0.3) is 0 Å². The predicted octanol–water partition coefficient (Wildman–Crippen LogP) is -1.57. The van der Waals surface area contributed by atoms with E-state index in [4.69, 9.17) is 15.9 Å². The van der Waals surface area contributed by atoms with Crippen LogP contribution < -0.4 is 11.1 Å². The van der Waals surface area contributed by atoms with E-state index in [1.165, 1.54) is 0 Å². The van der Waals surface area contributed by atoms with E-state index in [1.54, 1.807) is 0 Å². The first-order chi connectivity index (χ1) is 8.32. The standard InChI is InChI=1S/C9H15N3O6/c10-6(13)2-1-3-11-9(18)12(4-7(14)15)5-8(16)17/h1-5H2,(H2,10,13)(H,11,18)(H,14,15)(H,16,17). The molecule has 0 unspecified atom stereocenters. The number of rotatable bonds is 8. The Morgan fingerprint density at radius 2 is 1.56 bits per heavy atom. The van der Waals surface area contributed by atoms with Crippen molar-refractivity contribution in [1.82, 2.24) is 10.2 Å². The van der Waals surface area contributed by atoms with Gasteiger partial charge in [-0.25, -0.2) is 4.79 Å². The number of nitrogens with zero attached hydrogens (tertiary/aromatic N) is 1. The summed E-state index contributed by atoms with van der Waals surface area (Å²) < 4.78 is 0. The van der Waals surface area contributed by atoms with Crippen molar-refractivity contribution in [3.63, 3.8) is 0 Å². The second-order valence-corrected chi connectivity index (χ2v) is 3.45. The van der Waals surface area contributed by atoms with Crippen LogP contribution in [-0.4, -0.2) is 58.6 Å². The van der Waals surface area contributed by atoms with Gasteiger partial charge in [-0.15, -0.1) is 0 Å². The van der Waals surface area contributed by atoms with Gasteiger partial charge in [0.15, 0.2) is 0 Å². The van der Waals surface area contributed by atoms with Crippen LogP contribution >= 0.6 is 0 Å². The Kier molecular flexibility index (Phi) is 6.86. The fraction of sp³-hybridized carbons (Fsp3) is 0.556. The number of primary amides is 1. The molecular formula is C9H15N3O6. The lowest BCUT2D eigenvalue weighted by Gasteiger charge is -2.18. The molecule has 0 aromatic rings. The van der Waals surface area contributed by atoms with E-state index in [1.807, 2.05) is 0 Å². The fourth-order valence-electron chi connectivity index (χ4n) is 1.10. The van der Waals surface area contributed by atoms with Crippen LogP contribution in [0, 0.1) is 0 Å². The molecule has 0 aliphatic carbocycles. The molecule has 0 aromatic heterocycles. The van der Waals surface area contributed by atoms with E-state index in [-0.39, 0.29) is 13.0 Å². The minimum atomic E-state index is -1.32. The minimum absolute atomic E-state index is 0.0815. The van der Waals surface area contributed by atoms with Gasteiger partial charge in [-0.2, -0.15) is 0 Å². The first kappa shape index (κ1) is 15.7. The Balaban J connectivity index is 4.16.